The number of para-hydroxylation sites is 1. The molecule has 0 unspecified atom stereocenters. The van der Waals surface area contributed by atoms with E-state index in [0.29, 0.717) is 24.2 Å². The molecule has 0 bridgehead atoms. The minimum absolute atomic E-state index is 0.100. The number of sulfonamides is 1. The van der Waals surface area contributed by atoms with E-state index < -0.39 is 10.0 Å². The molecular formula is C24H23N3O3S. The Bertz CT molecular complexity index is 1310. The molecule has 3 aromatic carbocycles. The maximum atomic E-state index is 12.6. The number of carbonyl (C=O) groups excluding carboxylic acids is 1. The molecule has 0 fully saturated rings. The van der Waals surface area contributed by atoms with Gasteiger partial charge in [0.1, 0.15) is 0 Å². The Hall–Kier alpha value is -3.58. The molecule has 7 heteroatoms. The van der Waals surface area contributed by atoms with Crippen LogP contribution < -0.4 is 10.0 Å². The topological polar surface area (TPSA) is 91.1 Å². The number of hydrogen-bond acceptors (Lipinski definition) is 3. The van der Waals surface area contributed by atoms with Crippen LogP contribution in [0.2, 0.25) is 0 Å². The molecule has 158 valence electrons. The summed E-state index contributed by atoms with van der Waals surface area (Å²) in [4.78, 5) is 15.8. The molecule has 0 aliphatic heterocycles. The summed E-state index contributed by atoms with van der Waals surface area (Å²) in [6.07, 6.45) is 2.65. The average Bonchev–Trinajstić information content (AvgIpc) is 3.18. The summed E-state index contributed by atoms with van der Waals surface area (Å²) in [7, 11) is -3.72. The zero-order valence-electron chi connectivity index (χ0n) is 17.1. The normalized spacial score (nSPS) is 11.4. The van der Waals surface area contributed by atoms with E-state index >= 15 is 0 Å². The van der Waals surface area contributed by atoms with Crippen LogP contribution in [0.3, 0.4) is 0 Å². The first-order valence-corrected chi connectivity index (χ1v) is 11.4. The molecule has 0 atom stereocenters. The van der Waals surface area contributed by atoms with E-state index in [9.17, 15) is 13.2 Å². The first kappa shape index (κ1) is 20.7. The fourth-order valence-electron chi connectivity index (χ4n) is 3.37. The summed E-state index contributed by atoms with van der Waals surface area (Å²) < 4.78 is 27.7. The van der Waals surface area contributed by atoms with Crippen molar-refractivity contribution in [3.8, 4) is 0 Å². The second kappa shape index (κ2) is 8.65. The third-order valence-electron chi connectivity index (χ3n) is 5.09. The van der Waals surface area contributed by atoms with Crippen LogP contribution in [0.4, 0.5) is 5.69 Å². The van der Waals surface area contributed by atoms with Crippen LogP contribution in [-0.2, 0) is 16.4 Å². The van der Waals surface area contributed by atoms with Crippen LogP contribution in [0.5, 0.6) is 0 Å². The van der Waals surface area contributed by atoms with Gasteiger partial charge in [-0.1, -0.05) is 35.9 Å². The largest absolute Gasteiger partial charge is 0.361 e. The Labute approximate surface area is 181 Å². The van der Waals surface area contributed by atoms with E-state index in [1.54, 1.807) is 12.1 Å². The molecule has 0 saturated carbocycles. The van der Waals surface area contributed by atoms with Crippen molar-refractivity contribution >= 4 is 32.5 Å². The molecule has 4 aromatic rings. The standard InChI is InChI=1S/C24H23N3O3S/c1-17-6-10-20(11-7-17)27-31(29,30)21-12-8-18(9-13-21)24(28)25-15-14-19-16-26-23-5-3-2-4-22(19)23/h2-13,16,26-27H,14-15H2,1H3,(H,25,28). The second-order valence-corrected chi connectivity index (χ2v) is 9.04. The number of fused-ring (bicyclic) bond motifs is 1. The molecule has 0 spiro atoms. The fourth-order valence-corrected chi connectivity index (χ4v) is 4.43. The van der Waals surface area contributed by atoms with E-state index in [-0.39, 0.29) is 10.8 Å². The van der Waals surface area contributed by atoms with Crippen LogP contribution in [0.1, 0.15) is 21.5 Å². The van der Waals surface area contributed by atoms with E-state index in [1.165, 1.54) is 24.3 Å². The number of hydrogen-bond donors (Lipinski definition) is 3. The number of nitrogens with one attached hydrogen (secondary N) is 3. The maximum absolute atomic E-state index is 12.6. The third-order valence-corrected chi connectivity index (χ3v) is 6.48. The number of amides is 1. The van der Waals surface area contributed by atoms with Crippen molar-refractivity contribution in [1.29, 1.82) is 0 Å². The van der Waals surface area contributed by atoms with E-state index in [0.717, 1.165) is 22.0 Å². The minimum atomic E-state index is -3.72. The first-order chi connectivity index (χ1) is 14.9. The first-order valence-electron chi connectivity index (χ1n) is 9.95. The lowest BCUT2D eigenvalue weighted by molar-refractivity contribution is 0.0954. The smallest absolute Gasteiger partial charge is 0.261 e. The molecule has 31 heavy (non-hydrogen) atoms. The molecule has 0 aliphatic carbocycles. The average molecular weight is 434 g/mol. The van der Waals surface area contributed by atoms with Gasteiger partial charge in [-0.25, -0.2) is 8.42 Å². The van der Waals surface area contributed by atoms with Gasteiger partial charge in [0, 0.05) is 34.9 Å². The Kier molecular flexibility index (Phi) is 5.77. The number of benzene rings is 3. The quantitative estimate of drug-likeness (QED) is 0.407. The lowest BCUT2D eigenvalue weighted by atomic mass is 10.1. The van der Waals surface area contributed by atoms with Gasteiger partial charge in [-0.05, 0) is 61.4 Å². The van der Waals surface area contributed by atoms with Gasteiger partial charge in [-0.3, -0.25) is 9.52 Å². The van der Waals surface area contributed by atoms with Crippen LogP contribution in [0.25, 0.3) is 10.9 Å². The van der Waals surface area contributed by atoms with Crippen LogP contribution in [-0.4, -0.2) is 25.9 Å². The summed E-state index contributed by atoms with van der Waals surface area (Å²) >= 11 is 0. The number of rotatable bonds is 7. The molecule has 6 nitrogen and oxygen atoms in total. The highest BCUT2D eigenvalue weighted by Crippen LogP contribution is 2.19. The number of carbonyl (C=O) groups is 1. The Morgan fingerprint density at radius 1 is 0.935 bits per heavy atom. The van der Waals surface area contributed by atoms with Gasteiger partial charge in [-0.2, -0.15) is 0 Å². The van der Waals surface area contributed by atoms with Crippen molar-refractivity contribution in [2.75, 3.05) is 11.3 Å². The molecule has 1 amide bonds. The van der Waals surface area contributed by atoms with Crippen molar-refractivity contribution in [3.63, 3.8) is 0 Å². The highest BCUT2D eigenvalue weighted by molar-refractivity contribution is 7.92. The lowest BCUT2D eigenvalue weighted by Gasteiger charge is -2.09. The number of aryl methyl sites for hydroxylation is 1. The number of aromatic nitrogens is 1. The Morgan fingerprint density at radius 2 is 1.65 bits per heavy atom. The van der Waals surface area contributed by atoms with Gasteiger partial charge in [0.2, 0.25) is 0 Å². The van der Waals surface area contributed by atoms with E-state index in [4.69, 9.17) is 0 Å². The zero-order valence-corrected chi connectivity index (χ0v) is 17.9. The molecule has 0 saturated heterocycles. The highest BCUT2D eigenvalue weighted by Gasteiger charge is 2.15. The predicted octanol–water partition coefficient (Wildman–Crippen LogP) is 4.25. The van der Waals surface area contributed by atoms with Crippen LogP contribution >= 0.6 is 0 Å². The molecule has 0 aliphatic rings. The summed E-state index contributed by atoms with van der Waals surface area (Å²) in [5.74, 6) is -0.240. The maximum Gasteiger partial charge on any atom is 0.261 e. The highest BCUT2D eigenvalue weighted by atomic mass is 32.2. The van der Waals surface area contributed by atoms with E-state index in [2.05, 4.69) is 15.0 Å². The Balaban J connectivity index is 1.36. The number of anilines is 1. The SMILES string of the molecule is Cc1ccc(NS(=O)(=O)c2ccc(C(=O)NCCc3c[nH]c4ccccc34)cc2)cc1. The van der Waals surface area contributed by atoms with Crippen molar-refractivity contribution in [2.45, 2.75) is 18.2 Å². The van der Waals surface area contributed by atoms with Gasteiger partial charge in [-0.15, -0.1) is 0 Å². The van der Waals surface area contributed by atoms with Gasteiger partial charge in [0.05, 0.1) is 4.90 Å². The van der Waals surface area contributed by atoms with Gasteiger partial charge in [0.15, 0.2) is 0 Å². The fraction of sp³-hybridized carbons (Fsp3) is 0.125. The van der Waals surface area contributed by atoms with Crippen LogP contribution in [0, 0.1) is 6.92 Å². The van der Waals surface area contributed by atoms with Crippen molar-refractivity contribution in [1.82, 2.24) is 10.3 Å². The molecule has 0 radical (unpaired) electrons. The summed E-state index contributed by atoms with van der Waals surface area (Å²) in [6.45, 7) is 2.41. The molecule has 1 heterocycles. The predicted molar refractivity (Wildman–Crippen MR) is 123 cm³/mol. The van der Waals surface area contributed by atoms with Gasteiger partial charge < -0.3 is 10.3 Å². The van der Waals surface area contributed by atoms with Crippen molar-refractivity contribution in [2.24, 2.45) is 0 Å². The monoisotopic (exact) mass is 433 g/mol. The summed E-state index contributed by atoms with van der Waals surface area (Å²) in [5, 5.41) is 4.03. The second-order valence-electron chi connectivity index (χ2n) is 7.36. The summed E-state index contributed by atoms with van der Waals surface area (Å²) in [5.41, 5.74) is 4.15. The van der Waals surface area contributed by atoms with Crippen molar-refractivity contribution in [3.05, 3.63) is 95.7 Å². The van der Waals surface area contributed by atoms with Crippen LogP contribution in [0.15, 0.2) is 83.9 Å². The van der Waals surface area contributed by atoms with E-state index in [1.807, 2.05) is 49.5 Å². The Morgan fingerprint density at radius 3 is 2.39 bits per heavy atom. The third kappa shape index (κ3) is 4.78. The summed E-state index contributed by atoms with van der Waals surface area (Å²) in [6, 6.07) is 21.0. The van der Waals surface area contributed by atoms with Gasteiger partial charge in [0.25, 0.3) is 15.9 Å². The number of H-pyrrole nitrogens is 1. The van der Waals surface area contributed by atoms with Gasteiger partial charge >= 0.3 is 0 Å². The minimum Gasteiger partial charge on any atom is -0.361 e. The number of aromatic amines is 1. The molecule has 4 rings (SSSR count). The lowest BCUT2D eigenvalue weighted by Crippen LogP contribution is -2.25. The molecule has 1 aromatic heterocycles. The van der Waals surface area contributed by atoms with Crippen molar-refractivity contribution < 1.29 is 13.2 Å². The zero-order chi connectivity index (χ0) is 21.8. The molecule has 3 N–H and O–H groups in total. The molecular weight excluding hydrogens is 410 g/mol.